The van der Waals surface area contributed by atoms with Crippen molar-refractivity contribution in [1.82, 2.24) is 9.47 Å². The summed E-state index contributed by atoms with van der Waals surface area (Å²) in [5.74, 6) is 2.73. The van der Waals surface area contributed by atoms with Crippen LogP contribution in [-0.2, 0) is 13.6 Å². The van der Waals surface area contributed by atoms with Crippen LogP contribution in [0.3, 0.4) is 0 Å². The number of carbonyl (C=O) groups excluding carboxylic acids is 1. The number of fused-ring (bicyclic) bond motifs is 2. The Hall–Kier alpha value is -3.25. The molecule has 1 aromatic heterocycles. The summed E-state index contributed by atoms with van der Waals surface area (Å²) in [6.45, 7) is 7.04. The van der Waals surface area contributed by atoms with E-state index in [-0.39, 0.29) is 17.3 Å². The first kappa shape index (κ1) is 21.6. The van der Waals surface area contributed by atoms with Crippen molar-refractivity contribution >= 4 is 22.8 Å². The fourth-order valence-electron chi connectivity index (χ4n) is 5.38. The van der Waals surface area contributed by atoms with Crippen molar-refractivity contribution in [3.05, 3.63) is 59.0 Å². The highest BCUT2D eigenvalue weighted by Gasteiger charge is 2.33. The monoisotopic (exact) mass is 446 g/mol. The van der Waals surface area contributed by atoms with Crippen molar-refractivity contribution in [2.75, 3.05) is 20.2 Å². The van der Waals surface area contributed by atoms with Gasteiger partial charge in [0, 0.05) is 49.3 Å². The summed E-state index contributed by atoms with van der Waals surface area (Å²) in [7, 11) is 3.61. The van der Waals surface area contributed by atoms with Gasteiger partial charge in [-0.1, -0.05) is 13.8 Å². The van der Waals surface area contributed by atoms with Crippen LogP contribution in [0.2, 0.25) is 0 Å². The Kier molecular flexibility index (Phi) is 5.41. The minimum atomic E-state index is -0.161. The molecule has 0 amide bonds. The van der Waals surface area contributed by atoms with E-state index in [2.05, 4.69) is 18.7 Å². The van der Waals surface area contributed by atoms with E-state index in [1.54, 1.807) is 25.3 Å². The van der Waals surface area contributed by atoms with Gasteiger partial charge in [0.25, 0.3) is 0 Å². The van der Waals surface area contributed by atoms with Crippen molar-refractivity contribution in [2.24, 2.45) is 18.9 Å². The molecule has 0 spiro atoms. The van der Waals surface area contributed by atoms with Crippen molar-refractivity contribution in [3.63, 3.8) is 0 Å². The van der Waals surface area contributed by atoms with Crippen molar-refractivity contribution in [3.8, 4) is 17.2 Å². The topological polar surface area (TPSA) is 63.9 Å². The van der Waals surface area contributed by atoms with Gasteiger partial charge in [-0.2, -0.15) is 0 Å². The zero-order chi connectivity index (χ0) is 23.3. The number of carbonyl (C=O) groups is 1. The Morgan fingerprint density at radius 3 is 2.67 bits per heavy atom. The minimum Gasteiger partial charge on any atom is -0.507 e. The van der Waals surface area contributed by atoms with Gasteiger partial charge in [0.1, 0.15) is 17.2 Å². The van der Waals surface area contributed by atoms with Crippen LogP contribution in [0.5, 0.6) is 17.2 Å². The molecule has 172 valence electrons. The number of likely N-dealkylation sites (tertiary alicyclic amines) is 1. The molecule has 2 aliphatic rings. The Balaban J connectivity index is 1.50. The summed E-state index contributed by atoms with van der Waals surface area (Å²) in [5, 5.41) is 11.6. The molecule has 0 aliphatic carbocycles. The number of phenolic OH excluding ortho intramolecular Hbond substituents is 1. The largest absolute Gasteiger partial charge is 0.507 e. The Labute approximate surface area is 194 Å². The van der Waals surface area contributed by atoms with Gasteiger partial charge in [0.15, 0.2) is 5.76 Å². The molecule has 2 aromatic carbocycles. The zero-order valence-corrected chi connectivity index (χ0v) is 19.6. The fourth-order valence-corrected chi connectivity index (χ4v) is 5.38. The summed E-state index contributed by atoms with van der Waals surface area (Å²) in [5.41, 5.74) is 3.11. The van der Waals surface area contributed by atoms with Crippen molar-refractivity contribution in [1.29, 1.82) is 0 Å². The van der Waals surface area contributed by atoms with Gasteiger partial charge in [-0.3, -0.25) is 9.69 Å². The highest BCUT2D eigenvalue weighted by atomic mass is 16.5. The van der Waals surface area contributed by atoms with Crippen molar-refractivity contribution < 1.29 is 19.4 Å². The standard InChI is InChI=1S/C27H30N2O4/c1-16-9-17(2)13-29(12-16)15-22-24(30)8-6-20-26(31)25(33-27(20)22)10-18-14-28(3)23-7-5-19(32-4)11-21(18)23/h5-8,10-11,14,16-17,30H,9,12-13,15H2,1-4H3/b25-10+/t16-,17-/m1/s1. The van der Waals surface area contributed by atoms with Crippen LogP contribution in [-0.4, -0.2) is 40.6 Å². The van der Waals surface area contributed by atoms with Gasteiger partial charge < -0.3 is 19.1 Å². The molecule has 0 unspecified atom stereocenters. The third-order valence-corrected chi connectivity index (χ3v) is 6.76. The van der Waals surface area contributed by atoms with Crippen LogP contribution in [0, 0.1) is 11.8 Å². The lowest BCUT2D eigenvalue weighted by Crippen LogP contribution is -2.38. The van der Waals surface area contributed by atoms with E-state index >= 15 is 0 Å². The summed E-state index contributed by atoms with van der Waals surface area (Å²) in [6, 6.07) is 9.15. The molecule has 0 radical (unpaired) electrons. The third kappa shape index (κ3) is 3.89. The summed E-state index contributed by atoms with van der Waals surface area (Å²) in [6.07, 6.45) is 4.98. The number of aromatic nitrogens is 1. The molecule has 0 saturated carbocycles. The van der Waals surface area contributed by atoms with E-state index in [9.17, 15) is 9.90 Å². The van der Waals surface area contributed by atoms with E-state index in [1.807, 2.05) is 36.0 Å². The summed E-state index contributed by atoms with van der Waals surface area (Å²) in [4.78, 5) is 15.6. The summed E-state index contributed by atoms with van der Waals surface area (Å²) < 4.78 is 13.5. The maximum absolute atomic E-state index is 13.2. The number of benzene rings is 2. The first-order valence-corrected chi connectivity index (χ1v) is 11.5. The molecule has 1 saturated heterocycles. The smallest absolute Gasteiger partial charge is 0.231 e. The molecule has 6 nitrogen and oxygen atoms in total. The number of methoxy groups -OCH3 is 1. The van der Waals surface area contributed by atoms with Gasteiger partial charge in [-0.15, -0.1) is 0 Å². The second kappa shape index (κ2) is 8.27. The van der Waals surface area contributed by atoms with E-state index < -0.39 is 0 Å². The second-order valence-corrected chi connectivity index (χ2v) is 9.60. The molecular formula is C27H30N2O4. The molecule has 33 heavy (non-hydrogen) atoms. The van der Waals surface area contributed by atoms with Crippen LogP contribution in [0.1, 0.15) is 41.8 Å². The Bertz CT molecular complexity index is 1260. The normalized spacial score (nSPS) is 22.1. The van der Waals surface area contributed by atoms with Crippen LogP contribution in [0.4, 0.5) is 0 Å². The van der Waals surface area contributed by atoms with E-state index in [4.69, 9.17) is 9.47 Å². The molecule has 5 rings (SSSR count). The van der Waals surface area contributed by atoms with Gasteiger partial charge >= 0.3 is 0 Å². The number of hydrogen-bond donors (Lipinski definition) is 1. The number of phenols is 1. The van der Waals surface area contributed by atoms with E-state index in [1.165, 1.54) is 6.42 Å². The average molecular weight is 447 g/mol. The number of Topliss-reactive ketones (excluding diaryl/α,β-unsaturated/α-hetero) is 1. The van der Waals surface area contributed by atoms with E-state index in [0.717, 1.165) is 35.3 Å². The summed E-state index contributed by atoms with van der Waals surface area (Å²) >= 11 is 0. The van der Waals surface area contributed by atoms with E-state index in [0.29, 0.717) is 35.3 Å². The number of piperidine rings is 1. The number of nitrogens with zero attached hydrogens (tertiary/aromatic N) is 2. The quantitative estimate of drug-likeness (QED) is 0.572. The lowest BCUT2D eigenvalue weighted by Gasteiger charge is -2.35. The van der Waals surface area contributed by atoms with Gasteiger partial charge in [0.2, 0.25) is 5.78 Å². The molecule has 3 heterocycles. The zero-order valence-electron chi connectivity index (χ0n) is 19.6. The third-order valence-electron chi connectivity index (χ3n) is 6.76. The predicted octanol–water partition coefficient (Wildman–Crippen LogP) is 4.99. The van der Waals surface area contributed by atoms with Gasteiger partial charge in [-0.25, -0.2) is 0 Å². The number of ether oxygens (including phenoxy) is 2. The number of aromatic hydroxyl groups is 1. The lowest BCUT2D eigenvalue weighted by molar-refractivity contribution is 0.101. The van der Waals surface area contributed by atoms with Gasteiger partial charge in [0.05, 0.1) is 18.2 Å². The molecule has 0 bridgehead atoms. The number of ketones is 1. The molecule has 3 aromatic rings. The average Bonchev–Trinajstić information content (AvgIpc) is 3.26. The van der Waals surface area contributed by atoms with Crippen molar-refractivity contribution in [2.45, 2.75) is 26.8 Å². The molecule has 1 fully saturated rings. The molecular weight excluding hydrogens is 416 g/mol. The van der Waals surface area contributed by atoms with Crippen LogP contribution >= 0.6 is 0 Å². The fraction of sp³-hybridized carbons (Fsp3) is 0.370. The van der Waals surface area contributed by atoms with Crippen LogP contribution in [0.25, 0.3) is 17.0 Å². The number of aryl methyl sites for hydroxylation is 1. The van der Waals surface area contributed by atoms with Crippen LogP contribution < -0.4 is 9.47 Å². The number of allylic oxidation sites excluding steroid dienone is 1. The minimum absolute atomic E-state index is 0.161. The Morgan fingerprint density at radius 1 is 1.18 bits per heavy atom. The SMILES string of the molecule is COc1ccc2c(c1)c(/C=C1/Oc3c(ccc(O)c3CN3C[C@H](C)C[C@@H](C)C3)C1=O)cn2C. The van der Waals surface area contributed by atoms with Gasteiger partial charge in [-0.05, 0) is 54.7 Å². The maximum Gasteiger partial charge on any atom is 0.231 e. The highest BCUT2D eigenvalue weighted by molar-refractivity contribution is 6.15. The predicted molar refractivity (Wildman–Crippen MR) is 129 cm³/mol. The molecule has 6 heteroatoms. The Morgan fingerprint density at radius 2 is 1.94 bits per heavy atom. The second-order valence-electron chi connectivity index (χ2n) is 9.60. The number of rotatable bonds is 4. The maximum atomic E-state index is 13.2. The molecule has 2 aliphatic heterocycles. The highest BCUT2D eigenvalue weighted by Crippen LogP contribution is 2.41. The molecule has 2 atom stereocenters. The number of hydrogen-bond acceptors (Lipinski definition) is 5. The molecule has 1 N–H and O–H groups in total. The lowest BCUT2D eigenvalue weighted by atomic mass is 9.91. The first-order valence-electron chi connectivity index (χ1n) is 11.5. The van der Waals surface area contributed by atoms with Crippen LogP contribution in [0.15, 0.2) is 42.3 Å². The first-order chi connectivity index (χ1) is 15.8.